The molecule has 0 radical (unpaired) electrons. The van der Waals surface area contributed by atoms with Crippen molar-refractivity contribution in [2.75, 3.05) is 40.7 Å². The molecular formula is C39H34N6O4S2. The molecule has 51 heavy (non-hydrogen) atoms. The van der Waals surface area contributed by atoms with E-state index in [0.29, 0.717) is 37.3 Å². The Morgan fingerprint density at radius 2 is 1.47 bits per heavy atom. The van der Waals surface area contributed by atoms with Crippen LogP contribution in [0.5, 0.6) is 0 Å². The second-order valence-electron chi connectivity index (χ2n) is 11.4. The molecule has 0 aliphatic rings. The molecule has 4 aromatic carbocycles. The minimum absolute atomic E-state index is 0.00594. The van der Waals surface area contributed by atoms with E-state index in [2.05, 4.69) is 27.3 Å². The van der Waals surface area contributed by atoms with Gasteiger partial charge in [0, 0.05) is 41.6 Å². The van der Waals surface area contributed by atoms with Gasteiger partial charge in [-0.25, -0.2) is 0 Å². The van der Waals surface area contributed by atoms with Crippen LogP contribution in [0.25, 0.3) is 6.08 Å². The van der Waals surface area contributed by atoms with Gasteiger partial charge < -0.3 is 26.2 Å². The number of thiophene rings is 1. The first-order valence-electron chi connectivity index (χ1n) is 15.7. The van der Waals surface area contributed by atoms with Gasteiger partial charge in [0.15, 0.2) is 0 Å². The van der Waals surface area contributed by atoms with Crippen LogP contribution in [-0.4, -0.2) is 43.5 Å². The van der Waals surface area contributed by atoms with Crippen LogP contribution in [0, 0.1) is 18.3 Å². The minimum atomic E-state index is -0.528. The van der Waals surface area contributed by atoms with E-state index < -0.39 is 11.8 Å². The molecule has 0 atom stereocenters. The number of thioether (sulfide) groups is 1. The maximum Gasteiger partial charge on any atom is 0.272 e. The van der Waals surface area contributed by atoms with Gasteiger partial charge in [-0.15, -0.1) is 23.1 Å². The third kappa shape index (κ3) is 9.72. The predicted octanol–water partition coefficient (Wildman–Crippen LogP) is 7.39. The van der Waals surface area contributed by atoms with Crippen LogP contribution in [0.2, 0.25) is 0 Å². The quantitative estimate of drug-likeness (QED) is 0.0780. The lowest BCUT2D eigenvalue weighted by Gasteiger charge is -2.14. The summed E-state index contributed by atoms with van der Waals surface area (Å²) in [6.45, 7) is 1.67. The third-order valence-corrected chi connectivity index (χ3v) is 9.66. The molecule has 12 heteroatoms. The Balaban J connectivity index is 1.25. The molecule has 0 aliphatic carbocycles. The smallest absolute Gasteiger partial charge is 0.272 e. The molecular weight excluding hydrogens is 681 g/mol. The molecule has 256 valence electrons. The van der Waals surface area contributed by atoms with E-state index in [1.165, 1.54) is 11.8 Å². The van der Waals surface area contributed by atoms with Crippen LogP contribution in [0.3, 0.4) is 0 Å². The molecule has 4 N–H and O–H groups in total. The molecule has 0 aliphatic heterocycles. The van der Waals surface area contributed by atoms with Crippen molar-refractivity contribution in [3.63, 3.8) is 0 Å². The highest BCUT2D eigenvalue weighted by atomic mass is 32.2. The van der Waals surface area contributed by atoms with Crippen molar-refractivity contribution in [3.05, 3.63) is 142 Å². The molecule has 10 nitrogen and oxygen atoms in total. The fourth-order valence-electron chi connectivity index (χ4n) is 4.81. The lowest BCUT2D eigenvalue weighted by Crippen LogP contribution is -2.30. The molecule has 0 saturated carbocycles. The van der Waals surface area contributed by atoms with E-state index in [9.17, 15) is 24.4 Å². The van der Waals surface area contributed by atoms with E-state index in [0.717, 1.165) is 22.6 Å². The Morgan fingerprint density at radius 3 is 2.14 bits per heavy atom. The summed E-state index contributed by atoms with van der Waals surface area (Å²) in [6, 6.07) is 34.2. The second-order valence-corrected chi connectivity index (χ2v) is 13.4. The maximum absolute atomic E-state index is 13.6. The van der Waals surface area contributed by atoms with E-state index in [1.807, 2.05) is 49.3 Å². The zero-order valence-corrected chi connectivity index (χ0v) is 29.7. The Morgan fingerprint density at radius 1 is 0.804 bits per heavy atom. The highest BCUT2D eigenvalue weighted by Gasteiger charge is 2.22. The summed E-state index contributed by atoms with van der Waals surface area (Å²) in [4.78, 5) is 55.5. The standard InChI is InChI=1S/C39H34N6O4S2/c1-25-32(23-40)39(51-35(25)38(49)41-28-13-8-5-9-14-28)44-34(46)24-50-31-16-10-15-29(22-31)42-37(48)33(43-36(47)27-11-6-4-7-12-27)21-26-17-19-30(20-18-26)45(2)3/h4-22H,24H2,1-3H3,(H,41,49)(H,42,48)(H,43,47)(H,44,46)/b33-21+. The third-order valence-electron chi connectivity index (χ3n) is 7.46. The van der Waals surface area contributed by atoms with Crippen LogP contribution in [0.1, 0.15) is 36.7 Å². The molecule has 4 amide bonds. The Labute approximate surface area is 304 Å². The number of nitrogens with one attached hydrogen (secondary N) is 4. The molecule has 1 heterocycles. The highest BCUT2D eigenvalue weighted by Crippen LogP contribution is 2.33. The number of nitrogens with zero attached hydrogens (tertiary/aromatic N) is 2. The van der Waals surface area contributed by atoms with Crippen LogP contribution in [0.15, 0.2) is 120 Å². The lowest BCUT2D eigenvalue weighted by atomic mass is 10.1. The lowest BCUT2D eigenvalue weighted by molar-refractivity contribution is -0.114. The summed E-state index contributed by atoms with van der Waals surface area (Å²) in [5, 5.41) is 21.3. The van der Waals surface area contributed by atoms with Gasteiger partial charge in [-0.1, -0.05) is 54.6 Å². The summed E-state index contributed by atoms with van der Waals surface area (Å²) in [6.07, 6.45) is 1.61. The van der Waals surface area contributed by atoms with Crippen molar-refractivity contribution in [1.29, 1.82) is 5.26 Å². The first-order chi connectivity index (χ1) is 24.6. The maximum atomic E-state index is 13.6. The first kappa shape index (κ1) is 36.1. The number of amides is 4. The van der Waals surface area contributed by atoms with Crippen molar-refractivity contribution in [2.24, 2.45) is 0 Å². The second kappa shape index (κ2) is 17.0. The average Bonchev–Trinajstić information content (AvgIpc) is 3.45. The number of anilines is 4. The van der Waals surface area contributed by atoms with Crippen molar-refractivity contribution >= 4 is 74.9 Å². The molecule has 0 saturated heterocycles. The van der Waals surface area contributed by atoms with Gasteiger partial charge in [0.1, 0.15) is 16.8 Å². The van der Waals surface area contributed by atoms with Gasteiger partial charge in [0.05, 0.1) is 16.2 Å². The Bertz CT molecular complexity index is 2120. The topological polar surface area (TPSA) is 143 Å². The first-order valence-corrected chi connectivity index (χ1v) is 17.5. The van der Waals surface area contributed by atoms with Crippen molar-refractivity contribution < 1.29 is 19.2 Å². The van der Waals surface area contributed by atoms with Gasteiger partial charge in [-0.2, -0.15) is 5.26 Å². The zero-order chi connectivity index (χ0) is 36.3. The van der Waals surface area contributed by atoms with Crippen molar-refractivity contribution in [3.8, 4) is 6.07 Å². The molecule has 1 aromatic heterocycles. The van der Waals surface area contributed by atoms with E-state index in [-0.39, 0.29) is 28.8 Å². The molecule has 5 rings (SSSR count). The number of hydrogen-bond acceptors (Lipinski definition) is 8. The number of hydrogen-bond donors (Lipinski definition) is 4. The van der Waals surface area contributed by atoms with Crippen LogP contribution in [-0.2, 0) is 9.59 Å². The van der Waals surface area contributed by atoms with Gasteiger partial charge in [-0.3, -0.25) is 19.2 Å². The molecule has 0 fully saturated rings. The van der Waals surface area contributed by atoms with Gasteiger partial charge in [0.2, 0.25) is 5.91 Å². The SMILES string of the molecule is Cc1c(C(=O)Nc2ccccc2)sc(NC(=O)CSc2cccc(NC(=O)/C(=C\c3ccc(N(C)C)cc3)NC(=O)c3ccccc3)c2)c1C#N. The van der Waals surface area contributed by atoms with E-state index >= 15 is 0 Å². The zero-order valence-electron chi connectivity index (χ0n) is 28.0. The number of carbonyl (C=O) groups is 4. The summed E-state index contributed by atoms with van der Waals surface area (Å²) in [5.74, 6) is -1.68. The molecule has 0 spiro atoms. The van der Waals surface area contributed by atoms with Crippen LogP contribution < -0.4 is 26.2 Å². The van der Waals surface area contributed by atoms with Crippen molar-refractivity contribution in [2.45, 2.75) is 11.8 Å². The highest BCUT2D eigenvalue weighted by molar-refractivity contribution is 8.00. The van der Waals surface area contributed by atoms with E-state index in [1.54, 1.807) is 91.9 Å². The fraction of sp³-hybridized carbons (Fsp3) is 0.103. The molecule has 0 bridgehead atoms. The number of carbonyl (C=O) groups excluding carboxylic acids is 4. The number of nitriles is 1. The summed E-state index contributed by atoms with van der Waals surface area (Å²) >= 11 is 2.28. The monoisotopic (exact) mass is 714 g/mol. The summed E-state index contributed by atoms with van der Waals surface area (Å²) in [7, 11) is 3.87. The number of benzene rings is 4. The summed E-state index contributed by atoms with van der Waals surface area (Å²) < 4.78 is 0. The number of rotatable bonds is 12. The Hall–Kier alpha value is -6.16. The average molecular weight is 715 g/mol. The molecule has 5 aromatic rings. The van der Waals surface area contributed by atoms with Gasteiger partial charge >= 0.3 is 0 Å². The van der Waals surface area contributed by atoms with Crippen LogP contribution in [0.4, 0.5) is 22.1 Å². The largest absolute Gasteiger partial charge is 0.378 e. The van der Waals surface area contributed by atoms with E-state index in [4.69, 9.17) is 0 Å². The number of para-hydroxylation sites is 1. The van der Waals surface area contributed by atoms with Gasteiger partial charge in [-0.05, 0) is 78.7 Å². The van der Waals surface area contributed by atoms with Crippen molar-refractivity contribution in [1.82, 2.24) is 5.32 Å². The predicted molar refractivity (Wildman–Crippen MR) is 205 cm³/mol. The summed E-state index contributed by atoms with van der Waals surface area (Å²) in [5.41, 5.74) is 3.97. The van der Waals surface area contributed by atoms with Crippen LogP contribution >= 0.6 is 23.1 Å². The van der Waals surface area contributed by atoms with Gasteiger partial charge in [0.25, 0.3) is 17.7 Å². The molecule has 0 unspecified atom stereocenters. The fourth-order valence-corrected chi connectivity index (χ4v) is 6.64. The Kier molecular flexibility index (Phi) is 12.0. The minimum Gasteiger partial charge on any atom is -0.378 e. The normalized spacial score (nSPS) is 10.8.